The molecule has 94 valence electrons. The SMILES string of the molecule is CC(C)CC1(CNCC2CNC2)CCCC1. The predicted octanol–water partition coefficient (Wildman–Crippen LogP) is 2.40. The summed E-state index contributed by atoms with van der Waals surface area (Å²) in [5.41, 5.74) is 0.644. The molecule has 0 aromatic carbocycles. The first-order valence-electron chi connectivity index (χ1n) is 7.12. The van der Waals surface area contributed by atoms with Crippen molar-refractivity contribution in [2.24, 2.45) is 17.3 Å². The summed E-state index contributed by atoms with van der Waals surface area (Å²) in [4.78, 5) is 0. The van der Waals surface area contributed by atoms with Crippen LogP contribution >= 0.6 is 0 Å². The zero-order chi connectivity index (χ0) is 11.4. The smallest absolute Gasteiger partial charge is 0.000804 e. The van der Waals surface area contributed by atoms with Crippen LogP contribution in [-0.4, -0.2) is 26.2 Å². The van der Waals surface area contributed by atoms with Crippen LogP contribution in [0, 0.1) is 17.3 Å². The molecule has 1 saturated carbocycles. The van der Waals surface area contributed by atoms with Crippen LogP contribution in [0.5, 0.6) is 0 Å². The fraction of sp³-hybridized carbons (Fsp3) is 1.00. The van der Waals surface area contributed by atoms with Gasteiger partial charge in [0.2, 0.25) is 0 Å². The highest BCUT2D eigenvalue weighted by molar-refractivity contribution is 4.88. The topological polar surface area (TPSA) is 24.1 Å². The normalized spacial score (nSPS) is 24.9. The number of hydrogen-bond acceptors (Lipinski definition) is 2. The maximum Gasteiger partial charge on any atom is 0.000804 e. The van der Waals surface area contributed by atoms with Crippen LogP contribution in [-0.2, 0) is 0 Å². The molecule has 2 aliphatic rings. The number of rotatable bonds is 6. The lowest BCUT2D eigenvalue weighted by Gasteiger charge is -2.33. The van der Waals surface area contributed by atoms with Gasteiger partial charge in [0, 0.05) is 26.2 Å². The Balaban J connectivity index is 1.73. The van der Waals surface area contributed by atoms with Crippen molar-refractivity contribution in [2.75, 3.05) is 26.2 Å². The van der Waals surface area contributed by atoms with Gasteiger partial charge in [-0.15, -0.1) is 0 Å². The second kappa shape index (κ2) is 5.50. The largest absolute Gasteiger partial charge is 0.316 e. The molecule has 1 aliphatic heterocycles. The quantitative estimate of drug-likeness (QED) is 0.724. The summed E-state index contributed by atoms with van der Waals surface area (Å²) in [6.45, 7) is 9.69. The lowest BCUT2D eigenvalue weighted by atomic mass is 9.78. The van der Waals surface area contributed by atoms with E-state index in [1.807, 2.05) is 0 Å². The Labute approximate surface area is 101 Å². The zero-order valence-electron chi connectivity index (χ0n) is 11.0. The monoisotopic (exact) mass is 224 g/mol. The van der Waals surface area contributed by atoms with Gasteiger partial charge in [0.15, 0.2) is 0 Å². The molecule has 1 heterocycles. The minimum Gasteiger partial charge on any atom is -0.316 e. The van der Waals surface area contributed by atoms with E-state index in [1.54, 1.807) is 0 Å². The minimum atomic E-state index is 0.644. The van der Waals surface area contributed by atoms with Crippen molar-refractivity contribution < 1.29 is 0 Å². The highest BCUT2D eigenvalue weighted by Gasteiger charge is 2.34. The van der Waals surface area contributed by atoms with Crippen LogP contribution in [0.1, 0.15) is 46.0 Å². The summed E-state index contributed by atoms with van der Waals surface area (Å²) in [5.74, 6) is 1.75. The Morgan fingerprint density at radius 1 is 1.25 bits per heavy atom. The molecule has 2 fully saturated rings. The van der Waals surface area contributed by atoms with E-state index in [4.69, 9.17) is 0 Å². The summed E-state index contributed by atoms with van der Waals surface area (Å²) in [5, 5.41) is 7.08. The van der Waals surface area contributed by atoms with E-state index in [2.05, 4.69) is 24.5 Å². The van der Waals surface area contributed by atoms with Gasteiger partial charge in [0.25, 0.3) is 0 Å². The van der Waals surface area contributed by atoms with Gasteiger partial charge in [0.1, 0.15) is 0 Å². The Bertz CT molecular complexity index is 203. The molecule has 16 heavy (non-hydrogen) atoms. The van der Waals surface area contributed by atoms with Gasteiger partial charge in [-0.1, -0.05) is 26.7 Å². The van der Waals surface area contributed by atoms with Gasteiger partial charge in [-0.3, -0.25) is 0 Å². The highest BCUT2D eigenvalue weighted by Crippen LogP contribution is 2.42. The van der Waals surface area contributed by atoms with Crippen LogP contribution in [0.15, 0.2) is 0 Å². The molecule has 0 aromatic heterocycles. The van der Waals surface area contributed by atoms with Gasteiger partial charge in [0.05, 0.1) is 0 Å². The van der Waals surface area contributed by atoms with E-state index in [0.29, 0.717) is 5.41 Å². The van der Waals surface area contributed by atoms with Crippen LogP contribution in [0.25, 0.3) is 0 Å². The molecule has 1 aliphatic carbocycles. The molecule has 2 nitrogen and oxygen atoms in total. The third kappa shape index (κ3) is 3.21. The Hall–Kier alpha value is -0.0800. The van der Waals surface area contributed by atoms with Crippen LogP contribution in [0.2, 0.25) is 0 Å². The molecule has 0 spiro atoms. The number of hydrogen-bond donors (Lipinski definition) is 2. The van der Waals surface area contributed by atoms with E-state index in [1.165, 1.54) is 58.3 Å². The first-order chi connectivity index (χ1) is 7.70. The van der Waals surface area contributed by atoms with Crippen LogP contribution in [0.4, 0.5) is 0 Å². The average Bonchev–Trinajstić information content (AvgIpc) is 2.57. The molecule has 2 N–H and O–H groups in total. The molecule has 1 saturated heterocycles. The average molecular weight is 224 g/mol. The zero-order valence-corrected chi connectivity index (χ0v) is 11.0. The lowest BCUT2D eigenvalue weighted by Crippen LogP contribution is -2.48. The molecule has 0 unspecified atom stereocenters. The maximum atomic E-state index is 3.74. The summed E-state index contributed by atoms with van der Waals surface area (Å²) >= 11 is 0. The fourth-order valence-corrected chi connectivity index (χ4v) is 3.48. The fourth-order valence-electron chi connectivity index (χ4n) is 3.48. The molecule has 2 rings (SSSR count). The van der Waals surface area contributed by atoms with E-state index < -0.39 is 0 Å². The first kappa shape index (κ1) is 12.4. The molecule has 0 atom stereocenters. The second-order valence-electron chi connectivity index (χ2n) is 6.46. The molecule has 0 aromatic rings. The minimum absolute atomic E-state index is 0.644. The lowest BCUT2D eigenvalue weighted by molar-refractivity contribution is 0.213. The molecule has 0 radical (unpaired) electrons. The summed E-state index contributed by atoms with van der Waals surface area (Å²) in [6.07, 6.45) is 7.25. The van der Waals surface area contributed by atoms with Crippen molar-refractivity contribution in [2.45, 2.75) is 46.0 Å². The van der Waals surface area contributed by atoms with E-state index in [9.17, 15) is 0 Å². The Morgan fingerprint density at radius 2 is 1.94 bits per heavy atom. The molecular formula is C14H28N2. The van der Waals surface area contributed by atoms with E-state index in [-0.39, 0.29) is 0 Å². The highest BCUT2D eigenvalue weighted by atomic mass is 15.0. The number of nitrogens with one attached hydrogen (secondary N) is 2. The van der Waals surface area contributed by atoms with Crippen molar-refractivity contribution in [1.82, 2.24) is 10.6 Å². The third-order valence-corrected chi connectivity index (χ3v) is 4.30. The van der Waals surface area contributed by atoms with E-state index >= 15 is 0 Å². The molecular weight excluding hydrogens is 196 g/mol. The van der Waals surface area contributed by atoms with Crippen molar-refractivity contribution in [3.05, 3.63) is 0 Å². The standard InChI is InChI=1S/C14H28N2/c1-12(2)7-14(5-3-4-6-14)11-16-10-13-8-15-9-13/h12-13,15-16H,3-11H2,1-2H3. The Morgan fingerprint density at radius 3 is 2.44 bits per heavy atom. The van der Waals surface area contributed by atoms with Gasteiger partial charge in [-0.2, -0.15) is 0 Å². The van der Waals surface area contributed by atoms with E-state index in [0.717, 1.165) is 11.8 Å². The molecule has 0 amide bonds. The summed E-state index contributed by atoms with van der Waals surface area (Å²) < 4.78 is 0. The van der Waals surface area contributed by atoms with Crippen molar-refractivity contribution in [1.29, 1.82) is 0 Å². The molecule has 2 heteroatoms. The van der Waals surface area contributed by atoms with Crippen molar-refractivity contribution >= 4 is 0 Å². The van der Waals surface area contributed by atoms with Crippen molar-refractivity contribution in [3.63, 3.8) is 0 Å². The van der Waals surface area contributed by atoms with Gasteiger partial charge >= 0.3 is 0 Å². The third-order valence-electron chi connectivity index (χ3n) is 4.30. The first-order valence-corrected chi connectivity index (χ1v) is 7.12. The Kier molecular flexibility index (Phi) is 4.26. The molecule has 0 bridgehead atoms. The van der Waals surface area contributed by atoms with Crippen LogP contribution in [0.3, 0.4) is 0 Å². The van der Waals surface area contributed by atoms with Gasteiger partial charge in [-0.25, -0.2) is 0 Å². The van der Waals surface area contributed by atoms with Gasteiger partial charge in [-0.05, 0) is 36.5 Å². The summed E-state index contributed by atoms with van der Waals surface area (Å²) in [7, 11) is 0. The van der Waals surface area contributed by atoms with Crippen molar-refractivity contribution in [3.8, 4) is 0 Å². The van der Waals surface area contributed by atoms with Gasteiger partial charge < -0.3 is 10.6 Å². The second-order valence-corrected chi connectivity index (χ2v) is 6.46. The predicted molar refractivity (Wildman–Crippen MR) is 69.6 cm³/mol. The maximum absolute atomic E-state index is 3.74. The summed E-state index contributed by atoms with van der Waals surface area (Å²) in [6, 6.07) is 0. The van der Waals surface area contributed by atoms with Crippen LogP contribution < -0.4 is 10.6 Å².